The third kappa shape index (κ3) is 6.86. The van der Waals surface area contributed by atoms with Crippen molar-refractivity contribution in [1.82, 2.24) is 15.3 Å². The molecule has 0 spiro atoms. The second-order valence-corrected chi connectivity index (χ2v) is 12.2. The van der Waals surface area contributed by atoms with E-state index in [4.69, 9.17) is 21.3 Å². The zero-order chi connectivity index (χ0) is 28.3. The molecule has 40 heavy (non-hydrogen) atoms. The molecule has 3 N–H and O–H groups in total. The summed E-state index contributed by atoms with van der Waals surface area (Å²) in [7, 11) is 0. The number of ether oxygens (including phenoxy) is 1. The highest BCUT2D eigenvalue weighted by molar-refractivity contribution is 6.32. The molecule has 1 fully saturated rings. The molecule has 1 aliphatic heterocycles. The van der Waals surface area contributed by atoms with Gasteiger partial charge in [-0.3, -0.25) is 0 Å². The minimum Gasteiger partial charge on any atom is -0.489 e. The van der Waals surface area contributed by atoms with E-state index in [0.29, 0.717) is 22.7 Å². The van der Waals surface area contributed by atoms with Gasteiger partial charge >= 0.3 is 0 Å². The Morgan fingerprint density at radius 1 is 1.05 bits per heavy atom. The van der Waals surface area contributed by atoms with Gasteiger partial charge in [-0.2, -0.15) is 4.98 Å². The summed E-state index contributed by atoms with van der Waals surface area (Å²) >= 11 is 6.57. The predicted molar refractivity (Wildman–Crippen MR) is 167 cm³/mol. The van der Waals surface area contributed by atoms with Crippen LogP contribution in [0.25, 0.3) is 10.8 Å². The molecule has 5 rings (SSSR count). The molecule has 1 aliphatic rings. The number of halogens is 1. The van der Waals surface area contributed by atoms with Crippen molar-refractivity contribution in [3.05, 3.63) is 82.5 Å². The van der Waals surface area contributed by atoms with E-state index in [9.17, 15) is 0 Å². The Balaban J connectivity index is 1.37. The number of fused-ring (bicyclic) bond motifs is 1. The van der Waals surface area contributed by atoms with Crippen molar-refractivity contribution in [3.63, 3.8) is 0 Å². The van der Waals surface area contributed by atoms with Crippen LogP contribution in [-0.2, 0) is 6.42 Å². The molecule has 3 aromatic carbocycles. The number of hydrogen-bond donors (Lipinski definition) is 3. The van der Waals surface area contributed by atoms with E-state index < -0.39 is 0 Å². The van der Waals surface area contributed by atoms with Gasteiger partial charge < -0.3 is 20.7 Å². The van der Waals surface area contributed by atoms with Gasteiger partial charge in [-0.15, -0.1) is 0 Å². The number of benzene rings is 3. The molecule has 1 aromatic heterocycles. The normalized spacial score (nSPS) is 14.5. The monoisotopic (exact) mass is 557 g/mol. The highest BCUT2D eigenvalue weighted by Gasteiger charge is 2.23. The molecule has 1 saturated heterocycles. The standard InChI is InChI=1S/C33H40ClN5O/c1-21(2)40-30-18-27(25-12-14-35-15-13-25)22(3)16-29(30)37-32-36-20-28(34)31(38-32)39-33(4,5)19-23-10-11-24-8-6-7-9-26(24)17-23/h6-11,16-18,20-21,25,35H,12-15,19H2,1-5H3,(H2,36,37,38,39). The Bertz CT molecular complexity index is 1480. The molecule has 0 amide bonds. The van der Waals surface area contributed by atoms with Crippen LogP contribution in [0.2, 0.25) is 5.02 Å². The van der Waals surface area contributed by atoms with Gasteiger partial charge in [0.2, 0.25) is 5.95 Å². The third-order valence-electron chi connectivity index (χ3n) is 7.42. The number of rotatable bonds is 9. The molecule has 6 nitrogen and oxygen atoms in total. The lowest BCUT2D eigenvalue weighted by molar-refractivity contribution is 0.243. The Hall–Kier alpha value is -3.35. The van der Waals surface area contributed by atoms with Crippen molar-refractivity contribution in [2.24, 2.45) is 0 Å². The summed E-state index contributed by atoms with van der Waals surface area (Å²) < 4.78 is 6.26. The molecule has 0 atom stereocenters. The van der Waals surface area contributed by atoms with Crippen molar-refractivity contribution < 1.29 is 4.74 Å². The first kappa shape index (κ1) is 28.2. The summed E-state index contributed by atoms with van der Waals surface area (Å²) in [5.41, 5.74) is 4.41. The van der Waals surface area contributed by atoms with Crippen LogP contribution < -0.4 is 20.7 Å². The molecule has 0 aliphatic carbocycles. The fourth-order valence-electron chi connectivity index (χ4n) is 5.58. The molecule has 7 heteroatoms. The molecular weight excluding hydrogens is 518 g/mol. The van der Waals surface area contributed by atoms with Gasteiger partial charge in [-0.05, 0) is 112 Å². The van der Waals surface area contributed by atoms with Crippen LogP contribution in [-0.4, -0.2) is 34.7 Å². The lowest BCUT2D eigenvalue weighted by atomic mass is 9.87. The summed E-state index contributed by atoms with van der Waals surface area (Å²) in [6.45, 7) is 12.7. The second kappa shape index (κ2) is 12.0. The highest BCUT2D eigenvalue weighted by Crippen LogP contribution is 2.37. The van der Waals surface area contributed by atoms with Gasteiger partial charge in [0.15, 0.2) is 5.82 Å². The minimum atomic E-state index is -0.295. The average Bonchev–Trinajstić information content (AvgIpc) is 2.92. The Morgan fingerprint density at radius 3 is 2.55 bits per heavy atom. The Morgan fingerprint density at radius 2 is 1.80 bits per heavy atom. The number of aryl methyl sites for hydroxylation is 1. The Kier molecular flexibility index (Phi) is 8.48. The fourth-order valence-corrected chi connectivity index (χ4v) is 5.72. The number of anilines is 3. The fraction of sp³-hybridized carbons (Fsp3) is 0.394. The summed E-state index contributed by atoms with van der Waals surface area (Å²) in [5, 5.41) is 13.4. The zero-order valence-electron chi connectivity index (χ0n) is 24.1. The van der Waals surface area contributed by atoms with Crippen molar-refractivity contribution in [2.75, 3.05) is 23.7 Å². The van der Waals surface area contributed by atoms with E-state index in [-0.39, 0.29) is 11.6 Å². The van der Waals surface area contributed by atoms with Crippen molar-refractivity contribution in [3.8, 4) is 5.75 Å². The number of nitrogens with zero attached hydrogens (tertiary/aromatic N) is 2. The highest BCUT2D eigenvalue weighted by atomic mass is 35.5. The van der Waals surface area contributed by atoms with Crippen molar-refractivity contribution >= 4 is 39.8 Å². The summed E-state index contributed by atoms with van der Waals surface area (Å²) in [6.07, 6.45) is 4.77. The maximum Gasteiger partial charge on any atom is 0.229 e. The predicted octanol–water partition coefficient (Wildman–Crippen LogP) is 8.02. The number of hydrogen-bond acceptors (Lipinski definition) is 6. The van der Waals surface area contributed by atoms with Crippen LogP contribution in [0.4, 0.5) is 17.5 Å². The zero-order valence-corrected chi connectivity index (χ0v) is 24.9. The quantitative estimate of drug-likeness (QED) is 0.193. The first-order valence-corrected chi connectivity index (χ1v) is 14.6. The van der Waals surface area contributed by atoms with Gasteiger partial charge in [-0.1, -0.05) is 54.1 Å². The van der Waals surface area contributed by atoms with Crippen LogP contribution in [0, 0.1) is 6.92 Å². The lowest BCUT2D eigenvalue weighted by Crippen LogP contribution is -2.34. The summed E-state index contributed by atoms with van der Waals surface area (Å²) in [4.78, 5) is 9.26. The van der Waals surface area contributed by atoms with Crippen LogP contribution >= 0.6 is 11.6 Å². The van der Waals surface area contributed by atoms with E-state index in [1.165, 1.54) is 27.5 Å². The number of nitrogens with one attached hydrogen (secondary N) is 3. The maximum absolute atomic E-state index is 6.57. The molecule has 2 heterocycles. The molecule has 0 bridgehead atoms. The summed E-state index contributed by atoms with van der Waals surface area (Å²) in [5.74, 6) is 2.42. The smallest absolute Gasteiger partial charge is 0.229 e. The third-order valence-corrected chi connectivity index (χ3v) is 7.69. The second-order valence-electron chi connectivity index (χ2n) is 11.8. The van der Waals surface area contributed by atoms with Crippen molar-refractivity contribution in [1.29, 1.82) is 0 Å². The SMILES string of the molecule is Cc1cc(Nc2ncc(Cl)c(NC(C)(C)Cc3ccc4ccccc4c3)n2)c(OC(C)C)cc1C1CCNCC1. The van der Waals surface area contributed by atoms with E-state index >= 15 is 0 Å². The van der Waals surface area contributed by atoms with E-state index in [1.807, 2.05) is 13.8 Å². The van der Waals surface area contributed by atoms with Crippen LogP contribution in [0.15, 0.2) is 60.8 Å². The van der Waals surface area contributed by atoms with Crippen LogP contribution in [0.3, 0.4) is 0 Å². The van der Waals surface area contributed by atoms with Crippen LogP contribution in [0.5, 0.6) is 5.75 Å². The molecule has 0 saturated carbocycles. The van der Waals surface area contributed by atoms with Gasteiger partial charge in [0, 0.05) is 5.54 Å². The molecule has 210 valence electrons. The first-order chi connectivity index (χ1) is 19.2. The Labute approximate surface area is 242 Å². The van der Waals surface area contributed by atoms with Gasteiger partial charge in [0.05, 0.1) is 18.0 Å². The van der Waals surface area contributed by atoms with Crippen LogP contribution in [0.1, 0.15) is 63.1 Å². The van der Waals surface area contributed by atoms with Gasteiger partial charge in [0.25, 0.3) is 0 Å². The largest absolute Gasteiger partial charge is 0.489 e. The van der Waals surface area contributed by atoms with Gasteiger partial charge in [0.1, 0.15) is 10.8 Å². The molecular formula is C33H40ClN5O. The molecule has 0 radical (unpaired) electrons. The van der Waals surface area contributed by atoms with Crippen molar-refractivity contribution in [2.45, 2.75) is 71.4 Å². The first-order valence-electron chi connectivity index (χ1n) is 14.2. The van der Waals surface area contributed by atoms with E-state index in [2.05, 4.69) is 96.3 Å². The summed E-state index contributed by atoms with van der Waals surface area (Å²) in [6, 6.07) is 19.4. The number of piperidine rings is 1. The van der Waals surface area contributed by atoms with Gasteiger partial charge in [-0.25, -0.2) is 4.98 Å². The lowest BCUT2D eigenvalue weighted by Gasteiger charge is -2.28. The molecule has 4 aromatic rings. The average molecular weight is 558 g/mol. The molecule has 0 unspecified atom stereocenters. The maximum atomic E-state index is 6.57. The minimum absolute atomic E-state index is 0.0448. The number of aromatic nitrogens is 2. The topological polar surface area (TPSA) is 71.1 Å². The van der Waals surface area contributed by atoms with E-state index in [0.717, 1.165) is 43.8 Å². The van der Waals surface area contributed by atoms with E-state index in [1.54, 1.807) is 6.20 Å².